The van der Waals surface area contributed by atoms with Crippen molar-refractivity contribution in [3.8, 4) is 0 Å². The van der Waals surface area contributed by atoms with Crippen LogP contribution in [0.3, 0.4) is 0 Å². The van der Waals surface area contributed by atoms with Crippen LogP contribution in [-0.4, -0.2) is 10.1 Å². The number of rotatable bonds is 4. The van der Waals surface area contributed by atoms with Crippen molar-refractivity contribution in [2.45, 2.75) is 32.6 Å². The Morgan fingerprint density at radius 1 is 1.55 bits per heavy atom. The Kier molecular flexibility index (Phi) is 2.89. The zero-order valence-electron chi connectivity index (χ0n) is 6.59. The highest BCUT2D eigenvalue weighted by Gasteiger charge is 1.97. The summed E-state index contributed by atoms with van der Waals surface area (Å²) >= 11 is 0. The lowest BCUT2D eigenvalue weighted by atomic mass is 10.2. The molecule has 1 rings (SSSR count). The second-order valence-corrected chi connectivity index (χ2v) is 2.50. The molecule has 0 saturated heterocycles. The summed E-state index contributed by atoms with van der Waals surface area (Å²) in [5.74, 6) is 0.194. The third-order valence-electron chi connectivity index (χ3n) is 1.50. The van der Waals surface area contributed by atoms with Crippen LogP contribution in [-0.2, 0) is 6.42 Å². The van der Waals surface area contributed by atoms with E-state index in [-0.39, 0.29) is 0 Å². The normalized spacial score (nSPS) is 10.3. The molecule has 0 atom stereocenters. The van der Waals surface area contributed by atoms with Crippen molar-refractivity contribution in [1.29, 1.82) is 0 Å². The van der Waals surface area contributed by atoms with Crippen LogP contribution >= 0.6 is 0 Å². The lowest BCUT2D eigenvalue weighted by molar-refractivity contribution is 0.380. The van der Waals surface area contributed by atoms with Crippen LogP contribution in [0.4, 0.5) is 0 Å². The smallest absolute Gasteiger partial charge is 0.296 e. The molecule has 62 valence electrons. The molecule has 0 amide bonds. The molecule has 4 nitrogen and oxygen atoms in total. The molecule has 0 aliphatic heterocycles. The molecule has 1 heterocycles. The summed E-state index contributed by atoms with van der Waals surface area (Å²) < 4.78 is 4.33. The largest absolute Gasteiger partial charge is 0.438 e. The van der Waals surface area contributed by atoms with E-state index in [0.29, 0.717) is 5.82 Å². The fourth-order valence-electron chi connectivity index (χ4n) is 0.911. The number of hydrogen-bond acceptors (Lipinski definition) is 3. The molecule has 11 heavy (non-hydrogen) atoms. The van der Waals surface area contributed by atoms with E-state index in [1.54, 1.807) is 0 Å². The SMILES string of the molecule is CCCCCc1noc(=O)[nH]1. The van der Waals surface area contributed by atoms with E-state index in [9.17, 15) is 4.79 Å². The number of unbranched alkanes of at least 4 members (excludes halogenated alkanes) is 2. The number of nitrogens with one attached hydrogen (secondary N) is 1. The van der Waals surface area contributed by atoms with Gasteiger partial charge < -0.3 is 0 Å². The molecule has 0 unspecified atom stereocenters. The lowest BCUT2D eigenvalue weighted by Gasteiger charge is -1.91. The van der Waals surface area contributed by atoms with Gasteiger partial charge in [-0.15, -0.1) is 0 Å². The minimum absolute atomic E-state index is 0.462. The van der Waals surface area contributed by atoms with E-state index in [0.717, 1.165) is 19.3 Å². The Balaban J connectivity index is 2.33. The zero-order chi connectivity index (χ0) is 8.10. The fourth-order valence-corrected chi connectivity index (χ4v) is 0.911. The predicted octanol–water partition coefficient (Wildman–Crippen LogP) is 1.10. The molecule has 1 N–H and O–H groups in total. The second-order valence-electron chi connectivity index (χ2n) is 2.50. The zero-order valence-corrected chi connectivity index (χ0v) is 6.59. The maximum Gasteiger partial charge on any atom is 0.438 e. The maximum absolute atomic E-state index is 10.4. The number of nitrogens with zero attached hydrogens (tertiary/aromatic N) is 1. The Morgan fingerprint density at radius 2 is 2.36 bits per heavy atom. The highest BCUT2D eigenvalue weighted by atomic mass is 16.5. The first-order valence-electron chi connectivity index (χ1n) is 3.88. The minimum atomic E-state index is -0.462. The van der Waals surface area contributed by atoms with Crippen molar-refractivity contribution in [2.75, 3.05) is 0 Å². The van der Waals surface area contributed by atoms with Crippen molar-refractivity contribution in [3.05, 3.63) is 16.4 Å². The molecule has 0 aliphatic carbocycles. The highest BCUT2D eigenvalue weighted by molar-refractivity contribution is 4.77. The van der Waals surface area contributed by atoms with Gasteiger partial charge in [0.1, 0.15) is 0 Å². The predicted molar refractivity (Wildman–Crippen MR) is 40.4 cm³/mol. The minimum Gasteiger partial charge on any atom is -0.296 e. The van der Waals surface area contributed by atoms with E-state index in [1.165, 1.54) is 6.42 Å². The van der Waals surface area contributed by atoms with Crippen molar-refractivity contribution in [1.82, 2.24) is 10.1 Å². The van der Waals surface area contributed by atoms with Crippen LogP contribution in [0.25, 0.3) is 0 Å². The van der Waals surface area contributed by atoms with E-state index in [1.807, 2.05) is 0 Å². The molecule has 0 fully saturated rings. The van der Waals surface area contributed by atoms with Crippen LogP contribution in [0.5, 0.6) is 0 Å². The molecule has 1 aromatic rings. The van der Waals surface area contributed by atoms with E-state index < -0.39 is 5.76 Å². The fraction of sp³-hybridized carbons (Fsp3) is 0.714. The van der Waals surface area contributed by atoms with Crippen LogP contribution in [0.15, 0.2) is 9.32 Å². The van der Waals surface area contributed by atoms with Gasteiger partial charge in [0.2, 0.25) is 0 Å². The van der Waals surface area contributed by atoms with Gasteiger partial charge in [0.25, 0.3) is 0 Å². The Morgan fingerprint density at radius 3 is 2.91 bits per heavy atom. The third kappa shape index (κ3) is 2.57. The quantitative estimate of drug-likeness (QED) is 0.664. The first-order valence-corrected chi connectivity index (χ1v) is 3.88. The van der Waals surface area contributed by atoms with Gasteiger partial charge in [-0.1, -0.05) is 24.9 Å². The molecular weight excluding hydrogens is 144 g/mol. The van der Waals surface area contributed by atoms with Gasteiger partial charge in [0.05, 0.1) is 0 Å². The number of hydrogen-bond donors (Lipinski definition) is 1. The summed E-state index contributed by atoms with van der Waals surface area (Å²) in [7, 11) is 0. The number of aryl methyl sites for hydroxylation is 1. The summed E-state index contributed by atoms with van der Waals surface area (Å²) in [4.78, 5) is 12.9. The van der Waals surface area contributed by atoms with E-state index in [2.05, 4.69) is 21.6 Å². The maximum atomic E-state index is 10.4. The van der Waals surface area contributed by atoms with Crippen molar-refractivity contribution in [3.63, 3.8) is 0 Å². The van der Waals surface area contributed by atoms with Gasteiger partial charge in [-0.05, 0) is 6.42 Å². The molecule has 0 aromatic carbocycles. The van der Waals surface area contributed by atoms with Gasteiger partial charge in [0, 0.05) is 6.42 Å². The molecule has 0 bridgehead atoms. The summed E-state index contributed by atoms with van der Waals surface area (Å²) in [6.07, 6.45) is 4.19. The van der Waals surface area contributed by atoms with Crippen LogP contribution in [0.1, 0.15) is 32.0 Å². The van der Waals surface area contributed by atoms with Gasteiger partial charge in [-0.3, -0.25) is 9.51 Å². The number of aromatic nitrogens is 2. The molecule has 0 spiro atoms. The third-order valence-corrected chi connectivity index (χ3v) is 1.50. The van der Waals surface area contributed by atoms with Crippen molar-refractivity contribution in [2.24, 2.45) is 0 Å². The first-order chi connectivity index (χ1) is 5.33. The molecular formula is C7H12N2O2. The summed E-state index contributed by atoms with van der Waals surface area (Å²) in [5.41, 5.74) is 0. The van der Waals surface area contributed by atoms with Gasteiger partial charge >= 0.3 is 5.76 Å². The van der Waals surface area contributed by atoms with Crippen molar-refractivity contribution < 1.29 is 4.52 Å². The lowest BCUT2D eigenvalue weighted by Crippen LogP contribution is -1.97. The monoisotopic (exact) mass is 156 g/mol. The first kappa shape index (κ1) is 8.04. The Bertz CT molecular complexity index is 251. The van der Waals surface area contributed by atoms with E-state index >= 15 is 0 Å². The molecule has 0 aliphatic rings. The Hall–Kier alpha value is -1.06. The topological polar surface area (TPSA) is 58.9 Å². The second kappa shape index (κ2) is 3.95. The summed E-state index contributed by atoms with van der Waals surface area (Å²) in [6.45, 7) is 2.13. The van der Waals surface area contributed by atoms with Crippen LogP contribution in [0.2, 0.25) is 0 Å². The molecule has 0 radical (unpaired) electrons. The number of H-pyrrole nitrogens is 1. The van der Waals surface area contributed by atoms with Gasteiger partial charge in [-0.2, -0.15) is 0 Å². The van der Waals surface area contributed by atoms with Crippen LogP contribution in [0, 0.1) is 0 Å². The molecule has 4 heteroatoms. The average molecular weight is 156 g/mol. The highest BCUT2D eigenvalue weighted by Crippen LogP contribution is 1.98. The number of aromatic amines is 1. The molecule has 1 aromatic heterocycles. The van der Waals surface area contributed by atoms with E-state index in [4.69, 9.17) is 0 Å². The van der Waals surface area contributed by atoms with Crippen molar-refractivity contribution >= 4 is 0 Å². The van der Waals surface area contributed by atoms with Gasteiger partial charge in [-0.25, -0.2) is 4.79 Å². The molecule has 0 saturated carbocycles. The average Bonchev–Trinajstić information content (AvgIpc) is 2.37. The standard InChI is InChI=1S/C7H12N2O2/c1-2-3-4-5-6-8-7(10)11-9-6/h2-5H2,1H3,(H,8,9,10). The Labute approximate surface area is 64.6 Å². The van der Waals surface area contributed by atoms with Crippen LogP contribution < -0.4 is 5.76 Å². The van der Waals surface area contributed by atoms with Gasteiger partial charge in [0.15, 0.2) is 5.82 Å². The summed E-state index contributed by atoms with van der Waals surface area (Å²) in [6, 6.07) is 0. The summed E-state index contributed by atoms with van der Waals surface area (Å²) in [5, 5.41) is 3.54.